The predicted molar refractivity (Wildman–Crippen MR) is 178 cm³/mol. The lowest BCUT2D eigenvalue weighted by atomic mass is 9.56. The highest BCUT2D eigenvalue weighted by Gasteiger charge is 2.44. The molecule has 4 N–H and O–H groups in total. The van der Waals surface area contributed by atoms with Crippen LogP contribution in [-0.2, 0) is 18.3 Å². The number of aryl methyl sites for hydroxylation is 2. The zero-order valence-corrected chi connectivity index (χ0v) is 26.3. The molecule has 0 bridgehead atoms. The van der Waals surface area contributed by atoms with Crippen molar-refractivity contribution in [3.63, 3.8) is 0 Å². The van der Waals surface area contributed by atoms with Gasteiger partial charge in [-0.05, 0) is 152 Å². The first-order valence-corrected chi connectivity index (χ1v) is 16.3. The molecule has 0 radical (unpaired) electrons. The normalized spacial score (nSPS) is 15.4. The molecule has 4 aromatic carbocycles. The van der Waals surface area contributed by atoms with Gasteiger partial charge >= 0.3 is 0 Å². The summed E-state index contributed by atoms with van der Waals surface area (Å²) in [6, 6.07) is 30.8. The molecule has 0 unspecified atom stereocenters. The van der Waals surface area contributed by atoms with E-state index in [4.69, 9.17) is 0 Å². The maximum absolute atomic E-state index is 10.0. The van der Waals surface area contributed by atoms with E-state index < -0.39 is 0 Å². The quantitative estimate of drug-likeness (QED) is 0.132. The second kappa shape index (κ2) is 13.8. The van der Waals surface area contributed by atoms with Gasteiger partial charge in [0.1, 0.15) is 23.0 Å². The highest BCUT2D eigenvalue weighted by Crippen LogP contribution is 2.53. The highest BCUT2D eigenvalue weighted by molar-refractivity contribution is 5.43. The fraction of sp³-hybridized carbons (Fsp3) is 0.400. The summed E-state index contributed by atoms with van der Waals surface area (Å²) < 4.78 is 0. The van der Waals surface area contributed by atoms with Gasteiger partial charge in [-0.3, -0.25) is 0 Å². The molecule has 1 aliphatic rings. The number of phenols is 4. The molecule has 0 aliphatic heterocycles. The molecule has 1 aliphatic carbocycles. The molecule has 5 rings (SSSR count). The minimum absolute atomic E-state index is 0.138. The van der Waals surface area contributed by atoms with Gasteiger partial charge in [-0.15, -0.1) is 0 Å². The summed E-state index contributed by atoms with van der Waals surface area (Å²) in [5.74, 6) is 2.37. The van der Waals surface area contributed by atoms with Gasteiger partial charge in [-0.1, -0.05) is 62.4 Å². The Morgan fingerprint density at radius 3 is 1.27 bits per heavy atom. The third-order valence-electron chi connectivity index (χ3n) is 10.7. The number of hydrogen-bond donors (Lipinski definition) is 4. The SMILES string of the molecule is CC(C)(C(CCCc1ccc(O)cc1)CCCc1ccc(O)cc1)C1CCC(c2ccc(O)cc2)(c2ccc(O)cc2)CC1. The number of phenolic OH excluding ortho intramolecular Hbond substituents is 4. The second-order valence-corrected chi connectivity index (χ2v) is 13.6. The van der Waals surface area contributed by atoms with Gasteiger partial charge in [0.05, 0.1) is 0 Å². The van der Waals surface area contributed by atoms with Crippen molar-refractivity contribution in [1.29, 1.82) is 0 Å². The van der Waals surface area contributed by atoms with Crippen molar-refractivity contribution in [3.8, 4) is 23.0 Å². The predicted octanol–water partition coefficient (Wildman–Crippen LogP) is 9.67. The van der Waals surface area contributed by atoms with Crippen LogP contribution in [0.4, 0.5) is 0 Å². The standard InChI is InChI=1S/C40H48O4/c1-39(2,31(7-3-5-29-9-17-35(41)18-10-29)8-4-6-30-11-19-36(42)20-12-30)32-25-27-40(28-26-32,33-13-21-37(43)22-14-33)34-15-23-38(44)24-16-34/h9-24,31-32,41-44H,3-8,25-28H2,1-2H3. The summed E-state index contributed by atoms with van der Waals surface area (Å²) in [5, 5.41) is 39.4. The van der Waals surface area contributed by atoms with Crippen LogP contribution in [0.5, 0.6) is 23.0 Å². The minimum Gasteiger partial charge on any atom is -0.508 e. The van der Waals surface area contributed by atoms with Gasteiger partial charge in [0.2, 0.25) is 0 Å². The van der Waals surface area contributed by atoms with E-state index in [-0.39, 0.29) is 22.3 Å². The van der Waals surface area contributed by atoms with E-state index in [9.17, 15) is 20.4 Å². The number of aromatic hydroxyl groups is 4. The Morgan fingerprint density at radius 1 is 0.568 bits per heavy atom. The van der Waals surface area contributed by atoms with Crippen LogP contribution in [0.15, 0.2) is 97.1 Å². The lowest BCUT2D eigenvalue weighted by Crippen LogP contribution is -2.40. The molecule has 0 heterocycles. The van der Waals surface area contributed by atoms with Crippen LogP contribution >= 0.6 is 0 Å². The molecule has 0 aromatic heterocycles. The first-order valence-electron chi connectivity index (χ1n) is 16.3. The van der Waals surface area contributed by atoms with E-state index in [1.807, 2.05) is 24.3 Å². The molecule has 232 valence electrons. The van der Waals surface area contributed by atoms with E-state index in [0.29, 0.717) is 23.3 Å². The molecule has 0 saturated heterocycles. The van der Waals surface area contributed by atoms with E-state index in [1.165, 1.54) is 35.1 Å². The van der Waals surface area contributed by atoms with Gasteiger partial charge in [-0.25, -0.2) is 0 Å². The van der Waals surface area contributed by atoms with Crippen molar-refractivity contribution in [2.24, 2.45) is 17.3 Å². The van der Waals surface area contributed by atoms with Crippen molar-refractivity contribution in [2.45, 2.75) is 83.5 Å². The van der Waals surface area contributed by atoms with Gasteiger partial charge in [0, 0.05) is 5.41 Å². The third kappa shape index (κ3) is 7.41. The lowest BCUT2D eigenvalue weighted by molar-refractivity contribution is 0.0553. The molecule has 4 heteroatoms. The van der Waals surface area contributed by atoms with E-state index in [1.54, 1.807) is 48.5 Å². The van der Waals surface area contributed by atoms with Crippen molar-refractivity contribution < 1.29 is 20.4 Å². The summed E-state index contributed by atoms with van der Waals surface area (Å²) >= 11 is 0. The van der Waals surface area contributed by atoms with Gasteiger partial charge < -0.3 is 20.4 Å². The Bertz CT molecular complexity index is 1350. The fourth-order valence-electron chi connectivity index (χ4n) is 7.81. The summed E-state index contributed by atoms with van der Waals surface area (Å²) in [5.41, 5.74) is 5.04. The van der Waals surface area contributed by atoms with Crippen LogP contribution in [0.25, 0.3) is 0 Å². The van der Waals surface area contributed by atoms with Gasteiger partial charge in [0.25, 0.3) is 0 Å². The fourth-order valence-corrected chi connectivity index (χ4v) is 7.81. The molecule has 0 spiro atoms. The van der Waals surface area contributed by atoms with Gasteiger partial charge in [0.15, 0.2) is 0 Å². The zero-order valence-electron chi connectivity index (χ0n) is 26.3. The summed E-state index contributed by atoms with van der Waals surface area (Å²) in [7, 11) is 0. The van der Waals surface area contributed by atoms with Crippen molar-refractivity contribution in [3.05, 3.63) is 119 Å². The maximum Gasteiger partial charge on any atom is 0.115 e. The van der Waals surface area contributed by atoms with Crippen LogP contribution < -0.4 is 0 Å². The zero-order chi connectivity index (χ0) is 31.2. The van der Waals surface area contributed by atoms with E-state index >= 15 is 0 Å². The van der Waals surface area contributed by atoms with Crippen LogP contribution in [0.3, 0.4) is 0 Å². The molecular weight excluding hydrogens is 544 g/mol. The first kappa shape index (κ1) is 31.5. The van der Waals surface area contributed by atoms with Crippen LogP contribution in [0.2, 0.25) is 0 Å². The number of benzene rings is 4. The Labute approximate surface area is 263 Å². The van der Waals surface area contributed by atoms with Crippen LogP contribution in [0.1, 0.15) is 87.5 Å². The third-order valence-corrected chi connectivity index (χ3v) is 10.7. The molecule has 4 aromatic rings. The van der Waals surface area contributed by atoms with Crippen molar-refractivity contribution in [1.82, 2.24) is 0 Å². The summed E-state index contributed by atoms with van der Waals surface area (Å²) in [6.45, 7) is 5.00. The average molecular weight is 593 g/mol. The Morgan fingerprint density at radius 2 is 0.909 bits per heavy atom. The number of hydrogen-bond acceptors (Lipinski definition) is 4. The lowest BCUT2D eigenvalue weighted by Gasteiger charge is -2.49. The Balaban J connectivity index is 1.32. The molecule has 1 fully saturated rings. The largest absolute Gasteiger partial charge is 0.508 e. The molecule has 0 atom stereocenters. The smallest absolute Gasteiger partial charge is 0.115 e. The minimum atomic E-state index is -0.138. The van der Waals surface area contributed by atoms with Crippen LogP contribution in [0, 0.1) is 17.3 Å². The summed E-state index contributed by atoms with van der Waals surface area (Å²) in [4.78, 5) is 0. The molecule has 4 nitrogen and oxygen atoms in total. The molecule has 44 heavy (non-hydrogen) atoms. The monoisotopic (exact) mass is 592 g/mol. The average Bonchev–Trinajstić information content (AvgIpc) is 3.03. The highest BCUT2D eigenvalue weighted by atomic mass is 16.3. The van der Waals surface area contributed by atoms with E-state index in [2.05, 4.69) is 38.1 Å². The summed E-state index contributed by atoms with van der Waals surface area (Å²) in [6.07, 6.45) is 10.9. The second-order valence-electron chi connectivity index (χ2n) is 13.6. The van der Waals surface area contributed by atoms with Crippen LogP contribution in [-0.4, -0.2) is 20.4 Å². The number of rotatable bonds is 12. The Hall–Kier alpha value is -3.92. The maximum atomic E-state index is 10.0. The Kier molecular flexibility index (Phi) is 9.88. The van der Waals surface area contributed by atoms with Gasteiger partial charge in [-0.2, -0.15) is 0 Å². The molecular formula is C40H48O4. The first-order chi connectivity index (χ1) is 21.2. The molecule has 1 saturated carbocycles. The van der Waals surface area contributed by atoms with E-state index in [0.717, 1.165) is 51.4 Å². The van der Waals surface area contributed by atoms with Crippen molar-refractivity contribution in [2.75, 3.05) is 0 Å². The topological polar surface area (TPSA) is 80.9 Å². The van der Waals surface area contributed by atoms with Crippen molar-refractivity contribution >= 4 is 0 Å². The molecule has 0 amide bonds.